The Kier molecular flexibility index (Phi) is 4.93. The summed E-state index contributed by atoms with van der Waals surface area (Å²) < 4.78 is 11.1. The van der Waals surface area contributed by atoms with E-state index < -0.39 is 0 Å². The molecule has 2 aromatic carbocycles. The largest absolute Gasteiger partial charge is 0.489 e. The van der Waals surface area contributed by atoms with Crippen molar-refractivity contribution < 1.29 is 14.3 Å². The quantitative estimate of drug-likeness (QED) is 0.833. The predicted octanol–water partition coefficient (Wildman–Crippen LogP) is 2.84. The van der Waals surface area contributed by atoms with Crippen LogP contribution in [0.5, 0.6) is 5.75 Å². The first-order valence-electron chi connectivity index (χ1n) is 7.91. The lowest BCUT2D eigenvalue weighted by Gasteiger charge is -2.18. The number of carbonyl (C=O) groups is 1. The van der Waals surface area contributed by atoms with Crippen molar-refractivity contribution in [1.82, 2.24) is 0 Å². The van der Waals surface area contributed by atoms with E-state index in [-0.39, 0.29) is 18.1 Å². The lowest BCUT2D eigenvalue weighted by atomic mass is 10.0. The molecule has 23 heavy (non-hydrogen) atoms. The predicted molar refractivity (Wildman–Crippen MR) is 88.0 cm³/mol. The third-order valence-electron chi connectivity index (χ3n) is 4.01. The van der Waals surface area contributed by atoms with Gasteiger partial charge in [-0.3, -0.25) is 4.79 Å². The zero-order valence-corrected chi connectivity index (χ0v) is 13.0. The molecule has 0 spiro atoms. The third kappa shape index (κ3) is 4.33. The molecular weight excluding hydrogens is 290 g/mol. The SMILES string of the molecule is N[C@@H](Cc1cccc(OCc2ccccc2)c1)[C@@H]1CCC(=O)O1. The van der Waals surface area contributed by atoms with Crippen LogP contribution in [-0.2, 0) is 22.6 Å². The molecule has 4 heteroatoms. The summed E-state index contributed by atoms with van der Waals surface area (Å²) in [7, 11) is 0. The maximum Gasteiger partial charge on any atom is 0.306 e. The molecule has 2 atom stereocenters. The number of carbonyl (C=O) groups excluding carboxylic acids is 1. The number of rotatable bonds is 6. The minimum absolute atomic E-state index is 0.148. The van der Waals surface area contributed by atoms with E-state index in [1.807, 2.05) is 54.6 Å². The van der Waals surface area contributed by atoms with Crippen molar-refractivity contribution in [2.45, 2.75) is 38.0 Å². The molecule has 0 saturated carbocycles. The van der Waals surface area contributed by atoms with Crippen LogP contribution in [0.25, 0.3) is 0 Å². The average molecular weight is 311 g/mol. The Hall–Kier alpha value is -2.33. The molecule has 0 amide bonds. The summed E-state index contributed by atoms with van der Waals surface area (Å²) in [6, 6.07) is 17.8. The van der Waals surface area contributed by atoms with Gasteiger partial charge in [0.2, 0.25) is 0 Å². The Morgan fingerprint density at radius 2 is 1.91 bits per heavy atom. The van der Waals surface area contributed by atoms with Gasteiger partial charge < -0.3 is 15.2 Å². The molecule has 120 valence electrons. The molecule has 1 aliphatic rings. The van der Waals surface area contributed by atoms with Crippen molar-refractivity contribution in [2.75, 3.05) is 0 Å². The van der Waals surface area contributed by atoms with Gasteiger partial charge in [-0.15, -0.1) is 0 Å². The summed E-state index contributed by atoms with van der Waals surface area (Å²) in [5.41, 5.74) is 8.39. The zero-order valence-electron chi connectivity index (χ0n) is 13.0. The lowest BCUT2D eigenvalue weighted by molar-refractivity contribution is -0.142. The topological polar surface area (TPSA) is 61.5 Å². The highest BCUT2D eigenvalue weighted by Crippen LogP contribution is 2.21. The highest BCUT2D eigenvalue weighted by Gasteiger charge is 2.28. The van der Waals surface area contributed by atoms with Crippen LogP contribution in [-0.4, -0.2) is 18.1 Å². The number of hydrogen-bond donors (Lipinski definition) is 1. The molecule has 2 aromatic rings. The molecule has 1 aliphatic heterocycles. The average Bonchev–Trinajstić information content (AvgIpc) is 3.01. The van der Waals surface area contributed by atoms with E-state index in [9.17, 15) is 4.79 Å². The van der Waals surface area contributed by atoms with Crippen molar-refractivity contribution in [3.05, 3.63) is 65.7 Å². The van der Waals surface area contributed by atoms with E-state index in [2.05, 4.69) is 0 Å². The molecule has 0 aliphatic carbocycles. The molecule has 0 radical (unpaired) electrons. The van der Waals surface area contributed by atoms with E-state index in [4.69, 9.17) is 15.2 Å². The van der Waals surface area contributed by atoms with Gasteiger partial charge in [-0.05, 0) is 36.1 Å². The number of hydrogen-bond acceptors (Lipinski definition) is 4. The third-order valence-corrected chi connectivity index (χ3v) is 4.01. The number of nitrogens with two attached hydrogens (primary N) is 1. The normalized spacial score (nSPS) is 18.5. The molecule has 1 saturated heterocycles. The summed E-state index contributed by atoms with van der Waals surface area (Å²) in [6.07, 6.45) is 1.68. The van der Waals surface area contributed by atoms with Gasteiger partial charge in [0.25, 0.3) is 0 Å². The van der Waals surface area contributed by atoms with Crippen LogP contribution in [0.1, 0.15) is 24.0 Å². The van der Waals surface area contributed by atoms with E-state index in [0.29, 0.717) is 25.9 Å². The second-order valence-corrected chi connectivity index (χ2v) is 5.86. The van der Waals surface area contributed by atoms with E-state index in [0.717, 1.165) is 16.9 Å². The van der Waals surface area contributed by atoms with Gasteiger partial charge in [0.15, 0.2) is 0 Å². The van der Waals surface area contributed by atoms with E-state index >= 15 is 0 Å². The van der Waals surface area contributed by atoms with Crippen molar-refractivity contribution in [3.8, 4) is 5.75 Å². The Labute approximate surface area is 136 Å². The van der Waals surface area contributed by atoms with Gasteiger partial charge in [0.05, 0.1) is 0 Å². The van der Waals surface area contributed by atoms with Crippen molar-refractivity contribution in [3.63, 3.8) is 0 Å². The summed E-state index contributed by atoms with van der Waals surface area (Å²) in [6.45, 7) is 0.538. The lowest BCUT2D eigenvalue weighted by Crippen LogP contribution is -2.36. The second kappa shape index (κ2) is 7.29. The maximum atomic E-state index is 11.2. The fourth-order valence-corrected chi connectivity index (χ4v) is 2.76. The molecule has 4 nitrogen and oxygen atoms in total. The van der Waals surface area contributed by atoms with Crippen LogP contribution in [0, 0.1) is 0 Å². The van der Waals surface area contributed by atoms with E-state index in [1.54, 1.807) is 0 Å². The van der Waals surface area contributed by atoms with Gasteiger partial charge in [-0.2, -0.15) is 0 Å². The number of benzene rings is 2. The molecular formula is C19H21NO3. The maximum absolute atomic E-state index is 11.2. The van der Waals surface area contributed by atoms with Crippen LogP contribution in [0.2, 0.25) is 0 Å². The Bertz CT molecular complexity index is 657. The fourth-order valence-electron chi connectivity index (χ4n) is 2.76. The molecule has 0 unspecified atom stereocenters. The first kappa shape index (κ1) is 15.6. The Balaban J connectivity index is 1.57. The van der Waals surface area contributed by atoms with Crippen molar-refractivity contribution in [1.29, 1.82) is 0 Å². The van der Waals surface area contributed by atoms with Crippen LogP contribution >= 0.6 is 0 Å². The van der Waals surface area contributed by atoms with Gasteiger partial charge in [-0.25, -0.2) is 0 Å². The summed E-state index contributed by atoms with van der Waals surface area (Å²) in [5, 5.41) is 0. The van der Waals surface area contributed by atoms with Gasteiger partial charge >= 0.3 is 5.97 Å². The highest BCUT2D eigenvalue weighted by atomic mass is 16.5. The standard InChI is InChI=1S/C19H21NO3/c20-17(18-9-10-19(21)23-18)12-15-7-4-8-16(11-15)22-13-14-5-2-1-3-6-14/h1-8,11,17-18H,9-10,12-13,20H2/t17-,18-/m0/s1. The minimum atomic E-state index is -0.175. The Morgan fingerprint density at radius 3 is 2.65 bits per heavy atom. The molecule has 1 heterocycles. The van der Waals surface area contributed by atoms with Crippen LogP contribution < -0.4 is 10.5 Å². The fraction of sp³-hybridized carbons (Fsp3) is 0.316. The van der Waals surface area contributed by atoms with E-state index in [1.165, 1.54) is 0 Å². The first-order chi connectivity index (χ1) is 11.2. The molecule has 3 rings (SSSR count). The summed E-state index contributed by atoms with van der Waals surface area (Å²) in [5.74, 6) is 0.673. The second-order valence-electron chi connectivity index (χ2n) is 5.86. The molecule has 2 N–H and O–H groups in total. The smallest absolute Gasteiger partial charge is 0.306 e. The van der Waals surface area contributed by atoms with Crippen LogP contribution in [0.15, 0.2) is 54.6 Å². The molecule has 1 fully saturated rings. The molecule has 0 bridgehead atoms. The van der Waals surface area contributed by atoms with Crippen LogP contribution in [0.4, 0.5) is 0 Å². The number of esters is 1. The minimum Gasteiger partial charge on any atom is -0.489 e. The number of cyclic esters (lactones) is 1. The molecule has 0 aromatic heterocycles. The highest BCUT2D eigenvalue weighted by molar-refractivity contribution is 5.71. The van der Waals surface area contributed by atoms with Gasteiger partial charge in [-0.1, -0.05) is 42.5 Å². The number of ether oxygens (including phenoxy) is 2. The van der Waals surface area contributed by atoms with Crippen LogP contribution in [0.3, 0.4) is 0 Å². The van der Waals surface area contributed by atoms with Gasteiger partial charge in [0.1, 0.15) is 18.5 Å². The van der Waals surface area contributed by atoms with Gasteiger partial charge in [0, 0.05) is 12.5 Å². The Morgan fingerprint density at radius 1 is 1.13 bits per heavy atom. The first-order valence-corrected chi connectivity index (χ1v) is 7.91. The van der Waals surface area contributed by atoms with Crippen molar-refractivity contribution in [2.24, 2.45) is 5.73 Å². The van der Waals surface area contributed by atoms with Crippen molar-refractivity contribution >= 4 is 5.97 Å². The summed E-state index contributed by atoms with van der Waals surface area (Å²) in [4.78, 5) is 11.2. The zero-order chi connectivity index (χ0) is 16.1. The monoisotopic (exact) mass is 311 g/mol. The summed E-state index contributed by atoms with van der Waals surface area (Å²) >= 11 is 0.